The van der Waals surface area contributed by atoms with E-state index in [1.165, 1.54) is 0 Å². The van der Waals surface area contributed by atoms with Gasteiger partial charge in [-0.2, -0.15) is 5.10 Å². The standard InChI is InChI=1S/C12H19N5O2/c1-3-4-16-12(11(17(18)19)7(2)15-16)14-10-8-5-13-6-9(8)10/h8-10,13-14H,3-6H2,1-2H3. The molecule has 0 aromatic carbocycles. The highest BCUT2D eigenvalue weighted by molar-refractivity contribution is 5.61. The van der Waals surface area contributed by atoms with Crippen molar-refractivity contribution in [3.05, 3.63) is 15.8 Å². The van der Waals surface area contributed by atoms with E-state index >= 15 is 0 Å². The summed E-state index contributed by atoms with van der Waals surface area (Å²) in [5.41, 5.74) is 0.622. The van der Waals surface area contributed by atoms with Gasteiger partial charge in [0.2, 0.25) is 5.82 Å². The fraction of sp³-hybridized carbons (Fsp3) is 0.750. The summed E-state index contributed by atoms with van der Waals surface area (Å²) in [7, 11) is 0. The van der Waals surface area contributed by atoms with Crippen LogP contribution in [0.15, 0.2) is 0 Å². The zero-order chi connectivity index (χ0) is 13.6. The van der Waals surface area contributed by atoms with E-state index < -0.39 is 0 Å². The fourth-order valence-corrected chi connectivity index (χ4v) is 3.10. The smallest absolute Gasteiger partial charge is 0.333 e. The molecule has 104 valence electrons. The van der Waals surface area contributed by atoms with Crippen molar-refractivity contribution in [2.75, 3.05) is 18.4 Å². The predicted octanol–water partition coefficient (Wildman–Crippen LogP) is 1.14. The van der Waals surface area contributed by atoms with Gasteiger partial charge in [0.1, 0.15) is 5.69 Å². The Morgan fingerprint density at radius 2 is 2.21 bits per heavy atom. The maximum Gasteiger partial charge on any atom is 0.333 e. The van der Waals surface area contributed by atoms with Crippen LogP contribution in [0.5, 0.6) is 0 Å². The molecule has 2 atom stereocenters. The van der Waals surface area contributed by atoms with E-state index in [4.69, 9.17) is 0 Å². The quantitative estimate of drug-likeness (QED) is 0.616. The Morgan fingerprint density at radius 3 is 2.79 bits per heavy atom. The van der Waals surface area contributed by atoms with Crippen molar-refractivity contribution >= 4 is 11.5 Å². The molecule has 7 heteroatoms. The van der Waals surface area contributed by atoms with Crippen LogP contribution in [0.3, 0.4) is 0 Å². The lowest BCUT2D eigenvalue weighted by molar-refractivity contribution is -0.384. The third kappa shape index (κ3) is 1.98. The second-order valence-electron chi connectivity index (χ2n) is 5.42. The van der Waals surface area contributed by atoms with E-state index in [0.717, 1.165) is 19.5 Å². The van der Waals surface area contributed by atoms with Crippen LogP contribution in [0.4, 0.5) is 11.5 Å². The van der Waals surface area contributed by atoms with Crippen LogP contribution in [-0.2, 0) is 6.54 Å². The van der Waals surface area contributed by atoms with Gasteiger partial charge < -0.3 is 10.6 Å². The normalized spacial score (nSPS) is 28.2. The first kappa shape index (κ1) is 12.4. The molecule has 1 aliphatic heterocycles. The number of nitrogens with zero attached hydrogens (tertiary/aromatic N) is 3. The summed E-state index contributed by atoms with van der Waals surface area (Å²) in [6.45, 7) is 6.47. The molecule has 7 nitrogen and oxygen atoms in total. The average molecular weight is 265 g/mol. The molecule has 1 saturated heterocycles. The van der Waals surface area contributed by atoms with Crippen LogP contribution in [0.25, 0.3) is 0 Å². The van der Waals surface area contributed by atoms with Crippen molar-refractivity contribution in [1.82, 2.24) is 15.1 Å². The number of anilines is 1. The minimum absolute atomic E-state index is 0.131. The summed E-state index contributed by atoms with van der Waals surface area (Å²) in [5.74, 6) is 1.82. The number of nitro groups is 1. The molecule has 1 aliphatic carbocycles. The van der Waals surface area contributed by atoms with Crippen LogP contribution in [0.1, 0.15) is 19.0 Å². The molecule has 2 aliphatic rings. The highest BCUT2D eigenvalue weighted by Gasteiger charge is 2.53. The number of rotatable bonds is 5. The van der Waals surface area contributed by atoms with Gasteiger partial charge in [-0.15, -0.1) is 0 Å². The lowest BCUT2D eigenvalue weighted by Gasteiger charge is -2.10. The Balaban J connectivity index is 1.86. The van der Waals surface area contributed by atoms with Crippen LogP contribution in [0.2, 0.25) is 0 Å². The molecule has 1 saturated carbocycles. The molecular weight excluding hydrogens is 246 g/mol. The predicted molar refractivity (Wildman–Crippen MR) is 71.2 cm³/mol. The first-order valence-electron chi connectivity index (χ1n) is 6.82. The van der Waals surface area contributed by atoms with E-state index in [1.54, 1.807) is 11.6 Å². The molecule has 2 fully saturated rings. The van der Waals surface area contributed by atoms with Gasteiger partial charge >= 0.3 is 5.69 Å². The minimum atomic E-state index is -0.326. The highest BCUT2D eigenvalue weighted by atomic mass is 16.6. The molecule has 0 spiro atoms. The number of fused-ring (bicyclic) bond motifs is 1. The van der Waals surface area contributed by atoms with Crippen LogP contribution >= 0.6 is 0 Å². The summed E-state index contributed by atoms with van der Waals surface area (Å²) >= 11 is 0. The first-order valence-corrected chi connectivity index (χ1v) is 6.82. The van der Waals surface area contributed by atoms with Crippen LogP contribution in [0, 0.1) is 28.9 Å². The summed E-state index contributed by atoms with van der Waals surface area (Å²) in [4.78, 5) is 10.9. The van der Waals surface area contributed by atoms with Gasteiger partial charge in [-0.05, 0) is 25.2 Å². The third-order valence-corrected chi connectivity index (χ3v) is 4.11. The Kier molecular flexibility index (Phi) is 2.93. The molecule has 2 unspecified atom stereocenters. The SMILES string of the molecule is CCCn1nc(C)c([N+](=O)[O-])c1NC1C2CNCC21. The number of aromatic nitrogens is 2. The summed E-state index contributed by atoms with van der Waals surface area (Å²) in [5, 5.41) is 22.2. The second kappa shape index (κ2) is 4.48. The molecule has 0 amide bonds. The molecule has 2 heterocycles. The number of hydrogen-bond donors (Lipinski definition) is 2. The fourth-order valence-electron chi connectivity index (χ4n) is 3.10. The molecule has 1 aromatic heterocycles. The third-order valence-electron chi connectivity index (χ3n) is 4.11. The van der Waals surface area contributed by atoms with Gasteiger partial charge in [-0.1, -0.05) is 6.92 Å². The Morgan fingerprint density at radius 1 is 1.53 bits per heavy atom. The van der Waals surface area contributed by atoms with Crippen molar-refractivity contribution in [2.45, 2.75) is 32.9 Å². The molecular formula is C12H19N5O2. The van der Waals surface area contributed by atoms with E-state index in [2.05, 4.69) is 15.7 Å². The lowest BCUT2D eigenvalue weighted by atomic mass is 10.3. The van der Waals surface area contributed by atoms with E-state index in [0.29, 0.717) is 35.9 Å². The Labute approximate surface area is 111 Å². The summed E-state index contributed by atoms with van der Waals surface area (Å²) in [6.07, 6.45) is 0.909. The molecule has 19 heavy (non-hydrogen) atoms. The lowest BCUT2D eigenvalue weighted by Crippen LogP contribution is -2.23. The second-order valence-corrected chi connectivity index (χ2v) is 5.42. The van der Waals surface area contributed by atoms with E-state index in [1.807, 2.05) is 6.92 Å². The largest absolute Gasteiger partial charge is 0.361 e. The van der Waals surface area contributed by atoms with Gasteiger partial charge in [0.05, 0.1) is 4.92 Å². The van der Waals surface area contributed by atoms with Crippen molar-refractivity contribution in [3.63, 3.8) is 0 Å². The zero-order valence-corrected chi connectivity index (χ0v) is 11.2. The topological polar surface area (TPSA) is 85.0 Å². The van der Waals surface area contributed by atoms with Gasteiger partial charge in [0.15, 0.2) is 0 Å². The van der Waals surface area contributed by atoms with Gasteiger partial charge in [0, 0.05) is 25.7 Å². The molecule has 0 radical (unpaired) electrons. The van der Waals surface area contributed by atoms with Crippen molar-refractivity contribution < 1.29 is 4.92 Å². The highest BCUT2D eigenvalue weighted by Crippen LogP contribution is 2.45. The summed E-state index contributed by atoms with van der Waals surface area (Å²) in [6, 6.07) is 0.367. The first-order chi connectivity index (χ1) is 9.13. The maximum atomic E-state index is 11.2. The van der Waals surface area contributed by atoms with Gasteiger partial charge in [0.25, 0.3) is 0 Å². The Bertz CT molecular complexity index is 502. The molecule has 0 bridgehead atoms. The summed E-state index contributed by atoms with van der Waals surface area (Å²) < 4.78 is 1.74. The van der Waals surface area contributed by atoms with Crippen molar-refractivity contribution in [2.24, 2.45) is 11.8 Å². The van der Waals surface area contributed by atoms with Gasteiger partial charge in [-0.25, -0.2) is 4.68 Å². The van der Waals surface area contributed by atoms with Crippen molar-refractivity contribution in [3.8, 4) is 0 Å². The molecule has 1 aromatic rings. The number of aryl methyl sites for hydroxylation is 2. The Hall–Kier alpha value is -1.63. The van der Waals surface area contributed by atoms with Crippen LogP contribution < -0.4 is 10.6 Å². The molecule has 3 rings (SSSR count). The van der Waals surface area contributed by atoms with E-state index in [9.17, 15) is 10.1 Å². The van der Waals surface area contributed by atoms with Gasteiger partial charge in [-0.3, -0.25) is 10.1 Å². The maximum absolute atomic E-state index is 11.2. The number of hydrogen-bond acceptors (Lipinski definition) is 5. The molecule has 2 N–H and O–H groups in total. The average Bonchev–Trinajstić information content (AvgIpc) is 2.74. The van der Waals surface area contributed by atoms with Crippen LogP contribution in [-0.4, -0.2) is 33.8 Å². The zero-order valence-electron chi connectivity index (χ0n) is 11.2. The minimum Gasteiger partial charge on any atom is -0.361 e. The van der Waals surface area contributed by atoms with E-state index in [-0.39, 0.29) is 10.6 Å². The number of nitrogens with one attached hydrogen (secondary N) is 2. The van der Waals surface area contributed by atoms with Crippen molar-refractivity contribution in [1.29, 1.82) is 0 Å². The number of piperidine rings is 1. The monoisotopic (exact) mass is 265 g/mol.